The molecule has 8 heteroatoms. The van der Waals surface area contributed by atoms with Crippen LogP contribution >= 0.6 is 23.2 Å². The lowest BCUT2D eigenvalue weighted by Crippen LogP contribution is -2.51. The van der Waals surface area contributed by atoms with Gasteiger partial charge >= 0.3 is 0 Å². The van der Waals surface area contributed by atoms with Crippen LogP contribution in [0.1, 0.15) is 59.1 Å². The summed E-state index contributed by atoms with van der Waals surface area (Å²) in [6, 6.07) is 20.5. The maximum atomic E-state index is 14.0. The molecule has 1 N–H and O–H groups in total. The second kappa shape index (κ2) is 11.5. The highest BCUT2D eigenvalue weighted by atomic mass is 35.5. The van der Waals surface area contributed by atoms with Crippen molar-refractivity contribution in [2.45, 2.75) is 49.8 Å². The minimum Gasteiger partial charge on any atom is -0.393 e. The minimum atomic E-state index is -0.833. The van der Waals surface area contributed by atoms with E-state index in [1.807, 2.05) is 18.2 Å². The molecule has 0 spiro atoms. The summed E-state index contributed by atoms with van der Waals surface area (Å²) in [4.78, 5) is 37.7. The van der Waals surface area contributed by atoms with E-state index in [-0.39, 0.29) is 11.9 Å². The van der Waals surface area contributed by atoms with Gasteiger partial charge in [-0.15, -0.1) is 0 Å². The van der Waals surface area contributed by atoms with E-state index >= 15 is 0 Å². The van der Waals surface area contributed by atoms with E-state index in [2.05, 4.69) is 21.7 Å². The highest BCUT2D eigenvalue weighted by Crippen LogP contribution is 2.48. The third-order valence-corrected chi connectivity index (χ3v) is 7.70. The Hall–Kier alpha value is -3.50. The van der Waals surface area contributed by atoms with E-state index in [1.54, 1.807) is 59.5 Å². The molecule has 2 amide bonds. The third kappa shape index (κ3) is 5.37. The number of aliphatic hydroxyl groups excluding tert-OH is 1. The topological polar surface area (TPSA) is 82.3 Å². The molecule has 2 atom stereocenters. The Kier molecular flexibility index (Phi) is 7.90. The minimum absolute atomic E-state index is 0.174. The van der Waals surface area contributed by atoms with E-state index in [4.69, 9.17) is 23.2 Å². The van der Waals surface area contributed by atoms with Crippen LogP contribution in [-0.2, 0) is 4.79 Å². The van der Waals surface area contributed by atoms with Crippen molar-refractivity contribution in [3.8, 4) is 0 Å². The number of halogens is 2. The van der Waals surface area contributed by atoms with Gasteiger partial charge in [0, 0.05) is 21.7 Å². The molecule has 0 saturated heterocycles. The van der Waals surface area contributed by atoms with Crippen molar-refractivity contribution in [1.29, 1.82) is 0 Å². The highest BCUT2D eigenvalue weighted by molar-refractivity contribution is 6.35. The van der Waals surface area contributed by atoms with Gasteiger partial charge in [-0.2, -0.15) is 9.98 Å². The number of hydrogen-bond acceptors (Lipinski definition) is 4. The Morgan fingerprint density at radius 2 is 1.61 bits per heavy atom. The summed E-state index contributed by atoms with van der Waals surface area (Å²) in [6.07, 6.45) is 1.99. The number of aliphatic hydroxyl groups is 1. The molecule has 3 aromatic rings. The number of fused-ring (bicyclic) bond motifs is 1. The van der Waals surface area contributed by atoms with Crippen LogP contribution in [0.25, 0.3) is 0 Å². The molecule has 1 aliphatic carbocycles. The molecule has 0 aromatic heterocycles. The molecule has 2 aliphatic rings. The highest BCUT2D eigenvalue weighted by Gasteiger charge is 2.47. The van der Waals surface area contributed by atoms with Gasteiger partial charge in [0.15, 0.2) is 0 Å². The summed E-state index contributed by atoms with van der Waals surface area (Å²) in [5.41, 5.74) is 2.31. The van der Waals surface area contributed by atoms with Gasteiger partial charge in [-0.1, -0.05) is 65.7 Å². The number of hydrogen-bond donors (Lipinski definition) is 1. The lowest BCUT2D eigenvalue weighted by molar-refractivity contribution is -0.121. The van der Waals surface area contributed by atoms with E-state index in [9.17, 15) is 14.7 Å². The van der Waals surface area contributed by atoms with Gasteiger partial charge in [0.1, 0.15) is 0 Å². The van der Waals surface area contributed by atoms with Crippen LogP contribution in [0.2, 0.25) is 10.0 Å². The van der Waals surface area contributed by atoms with Crippen LogP contribution in [0.3, 0.4) is 0 Å². The lowest BCUT2D eigenvalue weighted by atomic mass is 9.77. The zero-order valence-electron chi connectivity index (χ0n) is 20.4. The number of rotatable bonds is 4. The van der Waals surface area contributed by atoms with E-state index in [0.29, 0.717) is 58.1 Å². The van der Waals surface area contributed by atoms with E-state index in [0.717, 1.165) is 0 Å². The first kappa shape index (κ1) is 26.1. The molecular formula is C30H25Cl2N3O3. The second-order valence-corrected chi connectivity index (χ2v) is 10.3. The van der Waals surface area contributed by atoms with Crippen molar-refractivity contribution < 1.29 is 14.7 Å². The zero-order valence-corrected chi connectivity index (χ0v) is 21.9. The Labute approximate surface area is 230 Å². The number of para-hydroxylation sites is 1. The van der Waals surface area contributed by atoms with Gasteiger partial charge in [-0.3, -0.25) is 9.59 Å². The summed E-state index contributed by atoms with van der Waals surface area (Å²) < 4.78 is 0. The SMILES string of the molecule is O=C(N=C=C=Nc1ccccc1)[C@@H]1c2ccccc2C(=O)N([C@H]2CC[C@H](O)CC2)[C@H]1c1ccc(Cl)cc1Cl. The number of nitrogens with zero attached hydrogens (tertiary/aromatic N) is 3. The maximum Gasteiger partial charge on any atom is 0.264 e. The zero-order chi connectivity index (χ0) is 26.6. The molecule has 5 rings (SSSR count). The predicted octanol–water partition coefficient (Wildman–Crippen LogP) is 6.33. The Morgan fingerprint density at radius 1 is 0.895 bits per heavy atom. The molecule has 1 fully saturated rings. The van der Waals surface area contributed by atoms with Crippen molar-refractivity contribution in [2.75, 3.05) is 0 Å². The molecule has 0 unspecified atom stereocenters. The first-order chi connectivity index (χ1) is 18.4. The number of amides is 2. The van der Waals surface area contributed by atoms with Crippen LogP contribution in [0.15, 0.2) is 82.8 Å². The molecule has 0 bridgehead atoms. The number of aliphatic imine (C=N–C) groups is 2. The molecule has 192 valence electrons. The van der Waals surface area contributed by atoms with Crippen LogP contribution in [0.4, 0.5) is 5.69 Å². The smallest absolute Gasteiger partial charge is 0.264 e. The predicted molar refractivity (Wildman–Crippen MR) is 149 cm³/mol. The third-order valence-electron chi connectivity index (χ3n) is 7.14. The molecular weight excluding hydrogens is 521 g/mol. The molecule has 1 aliphatic heterocycles. The molecule has 1 heterocycles. The van der Waals surface area contributed by atoms with Crippen molar-refractivity contribution in [3.05, 3.63) is 99.5 Å². The first-order valence-corrected chi connectivity index (χ1v) is 13.2. The molecule has 0 radical (unpaired) electrons. The van der Waals surface area contributed by atoms with Crippen molar-refractivity contribution >= 4 is 52.4 Å². The quantitative estimate of drug-likeness (QED) is 0.388. The standard InChI is InChI=1S/C30H25Cl2N3O3/c31-19-10-15-25(26(32)18-19)28-27(29(37)34-17-16-33-20-6-2-1-3-7-20)23-8-4-5-9-24(23)30(38)35(28)21-11-13-22(36)14-12-21/h1-10,15,18,21-22,27-28,36H,11-14H2/t21-,22-,27-,28+/m1/s1. The van der Waals surface area contributed by atoms with Crippen molar-refractivity contribution in [2.24, 2.45) is 9.98 Å². The van der Waals surface area contributed by atoms with Gasteiger partial charge in [-0.05, 0) is 67.1 Å². The summed E-state index contributed by atoms with van der Waals surface area (Å²) in [7, 11) is 0. The van der Waals surface area contributed by atoms with Crippen LogP contribution in [0.5, 0.6) is 0 Å². The summed E-state index contributed by atoms with van der Waals surface area (Å²) in [5, 5.41) is 10.9. The monoisotopic (exact) mass is 545 g/mol. The number of carbonyl (C=O) groups is 2. The second-order valence-electron chi connectivity index (χ2n) is 9.47. The van der Waals surface area contributed by atoms with Gasteiger partial charge in [0.2, 0.25) is 0 Å². The molecule has 1 saturated carbocycles. The average Bonchev–Trinajstić information content (AvgIpc) is 2.92. The number of carbonyl (C=O) groups excluding carboxylic acids is 2. The fourth-order valence-electron chi connectivity index (χ4n) is 5.37. The Bertz CT molecular complexity index is 1450. The summed E-state index contributed by atoms with van der Waals surface area (Å²) >= 11 is 12.9. The first-order valence-electron chi connectivity index (χ1n) is 12.5. The lowest BCUT2D eigenvalue weighted by Gasteiger charge is -2.47. The van der Waals surface area contributed by atoms with Crippen LogP contribution < -0.4 is 0 Å². The van der Waals surface area contributed by atoms with Crippen LogP contribution in [-0.4, -0.2) is 45.7 Å². The van der Waals surface area contributed by atoms with Gasteiger partial charge in [-0.25, -0.2) is 0 Å². The van der Waals surface area contributed by atoms with E-state index < -0.39 is 24.0 Å². The van der Waals surface area contributed by atoms with Gasteiger partial charge < -0.3 is 10.0 Å². The fourth-order valence-corrected chi connectivity index (χ4v) is 5.89. The number of benzene rings is 3. The summed E-state index contributed by atoms with van der Waals surface area (Å²) in [5.74, 6) is 3.63. The fraction of sp³-hybridized carbons (Fsp3) is 0.267. The normalized spacial score (nSPS) is 22.6. The van der Waals surface area contributed by atoms with Gasteiger partial charge in [0.05, 0.1) is 35.5 Å². The summed E-state index contributed by atoms with van der Waals surface area (Å²) in [6.45, 7) is 0. The van der Waals surface area contributed by atoms with E-state index in [1.165, 1.54) is 0 Å². The maximum absolute atomic E-state index is 14.0. The largest absolute Gasteiger partial charge is 0.393 e. The van der Waals surface area contributed by atoms with Crippen molar-refractivity contribution in [1.82, 2.24) is 4.90 Å². The van der Waals surface area contributed by atoms with Gasteiger partial charge in [0.25, 0.3) is 11.8 Å². The average molecular weight is 546 g/mol. The Morgan fingerprint density at radius 3 is 2.34 bits per heavy atom. The molecule has 3 aromatic carbocycles. The van der Waals surface area contributed by atoms with Crippen LogP contribution in [0, 0.1) is 0 Å². The Balaban J connectivity index is 1.63. The van der Waals surface area contributed by atoms with Crippen molar-refractivity contribution in [3.63, 3.8) is 0 Å². The molecule has 38 heavy (non-hydrogen) atoms. The molecule has 6 nitrogen and oxygen atoms in total.